The molecule has 3 amide bonds. The number of carbonyl (C=O) groups is 3. The number of nitrogens with zero attached hydrogens (tertiary/aromatic N) is 1. The number of hydrogen-bond acceptors (Lipinski definition) is 12. The Balaban J connectivity index is 1.53. The third kappa shape index (κ3) is 15.4. The van der Waals surface area contributed by atoms with Gasteiger partial charge >= 0.3 is 0 Å². The van der Waals surface area contributed by atoms with Crippen molar-refractivity contribution in [3.63, 3.8) is 0 Å². The van der Waals surface area contributed by atoms with Gasteiger partial charge in [-0.05, 0) is 45.1 Å². The lowest BCUT2D eigenvalue weighted by Gasteiger charge is -2.41. The normalized spacial score (nSPS) is 19.4. The highest BCUT2D eigenvalue weighted by atomic mass is 35.5. The quantitative estimate of drug-likeness (QED) is 0.0526. The first-order valence-electron chi connectivity index (χ1n) is 17.9. The zero-order valence-corrected chi connectivity index (χ0v) is 30.9. The zero-order chi connectivity index (χ0) is 37.9. The third-order valence-electron chi connectivity index (χ3n) is 9.41. The van der Waals surface area contributed by atoms with Crippen LogP contribution in [0.1, 0.15) is 87.9 Å². The van der Waals surface area contributed by atoms with Gasteiger partial charge in [0.05, 0.1) is 48.2 Å². The summed E-state index contributed by atoms with van der Waals surface area (Å²) in [6, 6.07) is 3.18. The lowest BCUT2D eigenvalue weighted by molar-refractivity contribution is -0.126. The molecule has 0 spiro atoms. The van der Waals surface area contributed by atoms with Crippen LogP contribution < -0.4 is 26.4 Å². The number of halogens is 1. The molecule has 292 valence electrons. The van der Waals surface area contributed by atoms with Crippen LogP contribution in [0.2, 0.25) is 5.02 Å². The second kappa shape index (κ2) is 23.7. The molecule has 51 heavy (non-hydrogen) atoms. The van der Waals surface area contributed by atoms with Gasteiger partial charge in [0.25, 0.3) is 5.91 Å². The number of aliphatic hydroxyl groups excluding tert-OH is 5. The van der Waals surface area contributed by atoms with E-state index in [1.807, 2.05) is 0 Å². The molecule has 0 aromatic heterocycles. The number of benzene rings is 1. The molecule has 7 atom stereocenters. The van der Waals surface area contributed by atoms with E-state index in [1.54, 1.807) is 7.11 Å². The summed E-state index contributed by atoms with van der Waals surface area (Å²) in [7, 11) is 3.12. The largest absolute Gasteiger partial charge is 0.496 e. The maximum absolute atomic E-state index is 13.1. The SMILES string of the molecule is COc1cc(N)c(Cl)cc1C(=O)N[C@@H]1CCN(C(C)CCCCC(=O)NCCCCCCCC(=O)NC[C@H](O)[C@@H](O)[C@H](O)[C@H](O)CO)C[C@@H]1OC. The number of nitrogens with one attached hydrogen (secondary N) is 3. The van der Waals surface area contributed by atoms with Gasteiger partial charge in [-0.2, -0.15) is 0 Å². The molecule has 10 N–H and O–H groups in total. The smallest absolute Gasteiger partial charge is 0.255 e. The highest BCUT2D eigenvalue weighted by molar-refractivity contribution is 6.33. The molecule has 1 aliphatic rings. The first-order chi connectivity index (χ1) is 24.3. The van der Waals surface area contributed by atoms with E-state index in [9.17, 15) is 34.8 Å². The van der Waals surface area contributed by atoms with Crippen molar-refractivity contribution in [1.82, 2.24) is 20.9 Å². The van der Waals surface area contributed by atoms with Crippen molar-refractivity contribution in [3.8, 4) is 5.75 Å². The van der Waals surface area contributed by atoms with Crippen molar-refractivity contribution in [2.45, 2.75) is 120 Å². The van der Waals surface area contributed by atoms with Crippen LogP contribution in [0.25, 0.3) is 0 Å². The lowest BCUT2D eigenvalue weighted by Crippen LogP contribution is -2.56. The van der Waals surface area contributed by atoms with Crippen LogP contribution in [0.4, 0.5) is 5.69 Å². The van der Waals surface area contributed by atoms with Crippen LogP contribution in [0.3, 0.4) is 0 Å². The van der Waals surface area contributed by atoms with Gasteiger partial charge < -0.3 is 56.7 Å². The average Bonchev–Trinajstić information content (AvgIpc) is 3.13. The summed E-state index contributed by atoms with van der Waals surface area (Å²) in [6.07, 6.45) is 1.56. The van der Waals surface area contributed by atoms with E-state index in [0.717, 1.165) is 57.9 Å². The van der Waals surface area contributed by atoms with Gasteiger partial charge in [-0.1, -0.05) is 37.3 Å². The van der Waals surface area contributed by atoms with Crippen LogP contribution in [-0.4, -0.2) is 138 Å². The topological polar surface area (TPSA) is 236 Å². The summed E-state index contributed by atoms with van der Waals surface area (Å²) < 4.78 is 11.1. The number of nitrogen functional groups attached to an aromatic ring is 1. The minimum atomic E-state index is -1.73. The number of piperidine rings is 1. The van der Waals surface area contributed by atoms with E-state index < -0.39 is 31.0 Å². The van der Waals surface area contributed by atoms with E-state index in [4.69, 9.17) is 31.9 Å². The van der Waals surface area contributed by atoms with Gasteiger partial charge in [0.2, 0.25) is 11.8 Å². The Labute approximate surface area is 306 Å². The molecule has 1 aromatic carbocycles. The van der Waals surface area contributed by atoms with Gasteiger partial charge in [-0.25, -0.2) is 0 Å². The fraction of sp³-hybridized carbons (Fsp3) is 0.743. The number of amides is 3. The number of rotatable bonds is 24. The number of aliphatic hydroxyl groups is 5. The van der Waals surface area contributed by atoms with Crippen molar-refractivity contribution < 1.29 is 49.4 Å². The van der Waals surface area contributed by atoms with Gasteiger partial charge in [-0.3, -0.25) is 19.3 Å². The molecule has 2 rings (SSSR count). The number of ether oxygens (including phenoxy) is 2. The summed E-state index contributed by atoms with van der Waals surface area (Å²) in [4.78, 5) is 39.7. The van der Waals surface area contributed by atoms with Crippen molar-refractivity contribution >= 4 is 35.0 Å². The number of anilines is 1. The standard InChI is InChI=1S/C35H60ClN5O10/c1-22(41-16-14-26(30(20-41)51-3)40-35(49)23-17-24(36)25(37)18-29(23)50-2)11-8-9-13-31(45)38-15-10-6-4-5-7-12-32(46)39-19-27(43)33(47)34(48)28(44)21-42/h17-18,22,26-28,30,33-34,42-44,47-48H,4-16,19-21,37H2,1-3H3,(H,38,45)(H,39,46)(H,40,49)/t22?,26-,27+,28-,30+,33-,34-/m1/s1. The van der Waals surface area contributed by atoms with Crippen molar-refractivity contribution in [1.29, 1.82) is 0 Å². The summed E-state index contributed by atoms with van der Waals surface area (Å²) in [6.45, 7) is 3.21. The van der Waals surface area contributed by atoms with E-state index in [2.05, 4.69) is 27.8 Å². The fourth-order valence-corrected chi connectivity index (χ4v) is 6.23. The van der Waals surface area contributed by atoms with Gasteiger partial charge in [0.1, 0.15) is 24.1 Å². The molecule has 1 aliphatic heterocycles. The molecule has 0 radical (unpaired) electrons. The minimum Gasteiger partial charge on any atom is -0.496 e. The monoisotopic (exact) mass is 745 g/mol. The molecule has 0 bridgehead atoms. The summed E-state index contributed by atoms with van der Waals surface area (Å²) in [5.41, 5.74) is 6.51. The number of likely N-dealkylation sites (tertiary alicyclic amines) is 1. The highest BCUT2D eigenvalue weighted by Gasteiger charge is 2.33. The second-order valence-electron chi connectivity index (χ2n) is 13.3. The molecule has 16 heteroatoms. The zero-order valence-electron chi connectivity index (χ0n) is 30.2. The maximum atomic E-state index is 13.1. The Morgan fingerprint density at radius 2 is 1.57 bits per heavy atom. The molecular weight excluding hydrogens is 686 g/mol. The molecule has 1 aromatic rings. The molecule has 15 nitrogen and oxygen atoms in total. The average molecular weight is 746 g/mol. The van der Waals surface area contributed by atoms with Crippen LogP contribution in [0, 0.1) is 0 Å². The van der Waals surface area contributed by atoms with E-state index in [-0.39, 0.29) is 47.9 Å². The van der Waals surface area contributed by atoms with Crippen LogP contribution >= 0.6 is 11.6 Å². The number of carbonyl (C=O) groups excluding carboxylic acids is 3. The number of hydrogen-bond donors (Lipinski definition) is 9. The molecule has 1 heterocycles. The molecule has 0 saturated carbocycles. The predicted octanol–water partition coefficient (Wildman–Crippen LogP) is 0.708. The van der Waals surface area contributed by atoms with Crippen molar-refractivity contribution in [2.24, 2.45) is 0 Å². The fourth-order valence-electron chi connectivity index (χ4n) is 6.06. The Morgan fingerprint density at radius 3 is 2.24 bits per heavy atom. The Hall–Kier alpha value is -2.76. The van der Waals surface area contributed by atoms with Crippen LogP contribution in [0.5, 0.6) is 5.75 Å². The number of methoxy groups -OCH3 is 2. The lowest BCUT2D eigenvalue weighted by atomic mass is 9.98. The number of nitrogens with two attached hydrogens (primary N) is 1. The second-order valence-corrected chi connectivity index (χ2v) is 13.7. The highest BCUT2D eigenvalue weighted by Crippen LogP contribution is 2.29. The Kier molecular flexibility index (Phi) is 20.7. The Morgan fingerprint density at radius 1 is 0.941 bits per heavy atom. The molecular formula is C35H60ClN5O10. The third-order valence-corrected chi connectivity index (χ3v) is 9.74. The van der Waals surface area contributed by atoms with Crippen molar-refractivity contribution in [3.05, 3.63) is 22.7 Å². The summed E-state index contributed by atoms with van der Waals surface area (Å²) >= 11 is 6.15. The number of unbranched alkanes of at least 4 members (excludes halogenated alkanes) is 5. The summed E-state index contributed by atoms with van der Waals surface area (Å²) in [5, 5.41) is 56.3. The Bertz CT molecular complexity index is 1210. The van der Waals surface area contributed by atoms with Crippen LogP contribution in [0.15, 0.2) is 12.1 Å². The first-order valence-corrected chi connectivity index (χ1v) is 18.3. The van der Waals surface area contributed by atoms with E-state index in [0.29, 0.717) is 49.0 Å². The minimum absolute atomic E-state index is 0.0417. The van der Waals surface area contributed by atoms with Crippen LogP contribution in [-0.2, 0) is 14.3 Å². The van der Waals surface area contributed by atoms with E-state index in [1.165, 1.54) is 19.2 Å². The van der Waals surface area contributed by atoms with Gasteiger partial charge in [0, 0.05) is 58.2 Å². The van der Waals surface area contributed by atoms with Gasteiger partial charge in [-0.15, -0.1) is 0 Å². The maximum Gasteiger partial charge on any atom is 0.255 e. The molecule has 0 aliphatic carbocycles. The summed E-state index contributed by atoms with van der Waals surface area (Å²) in [5.74, 6) is -0.197. The molecule has 1 unspecified atom stereocenters. The first kappa shape index (κ1) is 44.4. The molecule has 1 saturated heterocycles. The van der Waals surface area contributed by atoms with Gasteiger partial charge in [0.15, 0.2) is 0 Å². The van der Waals surface area contributed by atoms with E-state index >= 15 is 0 Å². The van der Waals surface area contributed by atoms with Crippen molar-refractivity contribution in [2.75, 3.05) is 52.7 Å². The molecule has 1 fully saturated rings. The predicted molar refractivity (Wildman–Crippen MR) is 193 cm³/mol.